The van der Waals surface area contributed by atoms with Gasteiger partial charge in [-0.25, -0.2) is 8.42 Å². The first-order chi connectivity index (χ1) is 18.3. The van der Waals surface area contributed by atoms with Crippen LogP contribution in [0.5, 0.6) is 0 Å². The zero-order valence-electron chi connectivity index (χ0n) is 21.4. The van der Waals surface area contributed by atoms with Crippen molar-refractivity contribution in [2.24, 2.45) is 0 Å². The van der Waals surface area contributed by atoms with Gasteiger partial charge in [0.05, 0.1) is 21.2 Å². The monoisotopic (exact) mass is 581 g/mol. The fraction of sp³-hybridized carbons (Fsp3) is 0.259. The smallest absolute Gasteiger partial charge is 0.357 e. The number of rotatable bonds is 9. The van der Waals surface area contributed by atoms with Gasteiger partial charge in [0, 0.05) is 13.6 Å². The average Bonchev–Trinajstić information content (AvgIpc) is 2.89. The molecule has 0 unspecified atom stereocenters. The SMILES string of the molecule is CNC(=O)[C@H](C)N(Cc1cccc(C)c1)C(=O)CN(c1cc(C(F)(F)F)ccc1Cl)S(=O)(=O)c1ccccc1. The minimum atomic E-state index is -4.80. The molecule has 7 nitrogen and oxygen atoms in total. The van der Waals surface area contributed by atoms with E-state index < -0.39 is 51.9 Å². The van der Waals surface area contributed by atoms with Gasteiger partial charge >= 0.3 is 6.18 Å². The summed E-state index contributed by atoms with van der Waals surface area (Å²) in [4.78, 5) is 27.2. The van der Waals surface area contributed by atoms with Crippen LogP contribution in [0.3, 0.4) is 0 Å². The Bertz CT molecular complexity index is 1450. The lowest BCUT2D eigenvalue weighted by Crippen LogP contribution is -2.50. The number of carbonyl (C=O) groups is 2. The van der Waals surface area contributed by atoms with Crippen LogP contribution in [-0.2, 0) is 32.3 Å². The standard InChI is InChI=1S/C27H27ClF3N3O4S/c1-18-8-7-9-20(14-18)16-33(19(2)26(36)32-3)25(35)17-34(39(37,38)22-10-5-4-6-11-22)24-15-21(27(29,30)31)12-13-23(24)28/h4-15,19H,16-17H2,1-3H3,(H,32,36)/t19-/m0/s1. The number of sulfonamides is 1. The Balaban J connectivity index is 2.13. The number of nitrogens with one attached hydrogen (secondary N) is 1. The van der Waals surface area contributed by atoms with Gasteiger partial charge in [0.25, 0.3) is 10.0 Å². The lowest BCUT2D eigenvalue weighted by Gasteiger charge is -2.32. The van der Waals surface area contributed by atoms with Crippen molar-refractivity contribution in [2.45, 2.75) is 37.5 Å². The van der Waals surface area contributed by atoms with Crippen molar-refractivity contribution in [1.82, 2.24) is 10.2 Å². The van der Waals surface area contributed by atoms with Crippen molar-refractivity contribution in [3.63, 3.8) is 0 Å². The molecule has 0 saturated carbocycles. The first-order valence-electron chi connectivity index (χ1n) is 11.8. The van der Waals surface area contributed by atoms with Gasteiger partial charge < -0.3 is 10.2 Å². The van der Waals surface area contributed by atoms with E-state index in [1.165, 1.54) is 43.1 Å². The van der Waals surface area contributed by atoms with Crippen molar-refractivity contribution in [2.75, 3.05) is 17.9 Å². The maximum Gasteiger partial charge on any atom is 0.416 e. The number of hydrogen-bond acceptors (Lipinski definition) is 4. The van der Waals surface area contributed by atoms with Crippen molar-refractivity contribution in [3.8, 4) is 0 Å². The first-order valence-corrected chi connectivity index (χ1v) is 13.6. The molecule has 0 saturated heterocycles. The highest BCUT2D eigenvalue weighted by atomic mass is 35.5. The molecule has 0 aliphatic heterocycles. The normalized spacial score (nSPS) is 12.5. The highest BCUT2D eigenvalue weighted by Crippen LogP contribution is 2.37. The summed E-state index contributed by atoms with van der Waals surface area (Å²) in [6.07, 6.45) is -4.80. The third-order valence-corrected chi connectivity index (χ3v) is 8.09. The fourth-order valence-electron chi connectivity index (χ4n) is 3.91. The Kier molecular flexibility index (Phi) is 9.29. The van der Waals surface area contributed by atoms with Crippen LogP contribution in [0.2, 0.25) is 5.02 Å². The largest absolute Gasteiger partial charge is 0.416 e. The van der Waals surface area contributed by atoms with Gasteiger partial charge in [-0.3, -0.25) is 13.9 Å². The molecular weight excluding hydrogens is 555 g/mol. The lowest BCUT2D eigenvalue weighted by atomic mass is 10.1. The van der Waals surface area contributed by atoms with E-state index in [0.29, 0.717) is 15.9 Å². The molecule has 39 heavy (non-hydrogen) atoms. The maximum atomic E-state index is 13.7. The molecule has 3 aromatic carbocycles. The zero-order valence-corrected chi connectivity index (χ0v) is 22.9. The van der Waals surface area contributed by atoms with Crippen LogP contribution >= 0.6 is 11.6 Å². The molecule has 3 aromatic rings. The van der Waals surface area contributed by atoms with Crippen molar-refractivity contribution < 1.29 is 31.2 Å². The third-order valence-electron chi connectivity index (χ3n) is 6.00. The van der Waals surface area contributed by atoms with Crippen LogP contribution in [0.25, 0.3) is 0 Å². The van der Waals surface area contributed by atoms with Gasteiger partial charge in [-0.05, 0) is 49.7 Å². The second-order valence-corrected chi connectivity index (χ2v) is 11.1. The Morgan fingerprint density at radius 2 is 1.67 bits per heavy atom. The lowest BCUT2D eigenvalue weighted by molar-refractivity contribution is -0.139. The molecule has 208 valence electrons. The number of likely N-dealkylation sites (N-methyl/N-ethyl adjacent to an activating group) is 1. The molecule has 1 N–H and O–H groups in total. The Morgan fingerprint density at radius 3 is 2.26 bits per heavy atom. The number of aryl methyl sites for hydroxylation is 1. The van der Waals surface area contributed by atoms with E-state index in [-0.39, 0.29) is 16.5 Å². The second kappa shape index (κ2) is 12.1. The molecule has 0 spiro atoms. The van der Waals surface area contributed by atoms with Crippen LogP contribution in [-0.4, -0.2) is 44.8 Å². The number of amides is 2. The maximum absolute atomic E-state index is 13.7. The molecule has 0 aromatic heterocycles. The highest BCUT2D eigenvalue weighted by Gasteiger charge is 2.36. The number of carbonyl (C=O) groups excluding carboxylic acids is 2. The van der Waals surface area contributed by atoms with E-state index in [4.69, 9.17) is 11.6 Å². The van der Waals surface area contributed by atoms with E-state index in [1.807, 2.05) is 13.0 Å². The van der Waals surface area contributed by atoms with Crippen LogP contribution in [0.15, 0.2) is 77.7 Å². The summed E-state index contributed by atoms with van der Waals surface area (Å²) in [7, 11) is -3.17. The molecule has 12 heteroatoms. The second-order valence-electron chi connectivity index (χ2n) is 8.79. The summed E-state index contributed by atoms with van der Waals surface area (Å²) in [5.74, 6) is -1.33. The van der Waals surface area contributed by atoms with E-state index in [2.05, 4.69) is 5.32 Å². The number of benzene rings is 3. The van der Waals surface area contributed by atoms with Crippen molar-refractivity contribution in [3.05, 3.63) is 94.5 Å². The highest BCUT2D eigenvalue weighted by molar-refractivity contribution is 7.92. The summed E-state index contributed by atoms with van der Waals surface area (Å²) in [5, 5.41) is 2.16. The molecule has 0 radical (unpaired) electrons. The third kappa shape index (κ3) is 7.10. The molecule has 0 fully saturated rings. The van der Waals surface area contributed by atoms with Gasteiger partial charge in [-0.1, -0.05) is 59.6 Å². The molecular formula is C27H27ClF3N3O4S. The van der Waals surface area contributed by atoms with Gasteiger partial charge in [0.2, 0.25) is 11.8 Å². The molecule has 0 aliphatic rings. The number of anilines is 1. The van der Waals surface area contributed by atoms with Gasteiger partial charge in [0.1, 0.15) is 12.6 Å². The average molecular weight is 582 g/mol. The Morgan fingerprint density at radius 1 is 1.00 bits per heavy atom. The molecule has 1 atom stereocenters. The van der Waals surface area contributed by atoms with E-state index in [1.54, 1.807) is 24.3 Å². The molecule has 0 aliphatic carbocycles. The quantitative estimate of drug-likeness (QED) is 0.384. The number of hydrogen-bond donors (Lipinski definition) is 1. The first kappa shape index (κ1) is 30.0. The van der Waals surface area contributed by atoms with Gasteiger partial charge in [0.15, 0.2) is 0 Å². The number of nitrogens with zero attached hydrogens (tertiary/aromatic N) is 2. The summed E-state index contributed by atoms with van der Waals surface area (Å²) < 4.78 is 68.6. The van der Waals surface area contributed by atoms with E-state index >= 15 is 0 Å². The predicted octanol–water partition coefficient (Wildman–Crippen LogP) is 5.03. The molecule has 0 bridgehead atoms. The van der Waals surface area contributed by atoms with Crippen LogP contribution in [0.4, 0.5) is 18.9 Å². The van der Waals surface area contributed by atoms with Crippen molar-refractivity contribution in [1.29, 1.82) is 0 Å². The predicted molar refractivity (Wildman–Crippen MR) is 143 cm³/mol. The van der Waals surface area contributed by atoms with Crippen LogP contribution in [0.1, 0.15) is 23.6 Å². The molecule has 3 rings (SSSR count). The van der Waals surface area contributed by atoms with E-state index in [9.17, 15) is 31.2 Å². The molecule has 0 heterocycles. The van der Waals surface area contributed by atoms with Gasteiger partial charge in [-0.15, -0.1) is 0 Å². The Hall–Kier alpha value is -3.57. The minimum absolute atomic E-state index is 0.0509. The van der Waals surface area contributed by atoms with Gasteiger partial charge in [-0.2, -0.15) is 13.2 Å². The number of alkyl halides is 3. The summed E-state index contributed by atoms with van der Waals surface area (Å²) >= 11 is 6.22. The van der Waals surface area contributed by atoms with Crippen LogP contribution < -0.4 is 9.62 Å². The topological polar surface area (TPSA) is 86.8 Å². The minimum Gasteiger partial charge on any atom is -0.357 e. The Labute approximate surface area is 230 Å². The summed E-state index contributed by atoms with van der Waals surface area (Å²) in [5.41, 5.74) is -0.0880. The molecule has 2 amide bonds. The summed E-state index contributed by atoms with van der Waals surface area (Å²) in [6, 6.07) is 15.3. The number of halogens is 4. The fourth-order valence-corrected chi connectivity index (χ4v) is 5.63. The van der Waals surface area contributed by atoms with Crippen LogP contribution in [0, 0.1) is 6.92 Å². The van der Waals surface area contributed by atoms with Crippen molar-refractivity contribution >= 4 is 39.1 Å². The van der Waals surface area contributed by atoms with E-state index in [0.717, 1.165) is 17.7 Å². The zero-order chi connectivity index (χ0) is 29.0. The summed E-state index contributed by atoms with van der Waals surface area (Å²) in [6.45, 7) is 2.36.